The summed E-state index contributed by atoms with van der Waals surface area (Å²) in [6.07, 6.45) is 4.54. The van der Waals surface area contributed by atoms with E-state index < -0.39 is 0 Å². The van der Waals surface area contributed by atoms with Crippen LogP contribution in [0.25, 0.3) is 11.3 Å². The Morgan fingerprint density at radius 1 is 1.06 bits per heavy atom. The first-order valence-electron chi connectivity index (χ1n) is 5.94. The zero-order chi connectivity index (χ0) is 11.1. The van der Waals surface area contributed by atoms with Crippen LogP contribution in [0.4, 0.5) is 0 Å². The highest BCUT2D eigenvalue weighted by Crippen LogP contribution is 2.23. The van der Waals surface area contributed by atoms with E-state index in [0.29, 0.717) is 0 Å². The second-order valence-electron chi connectivity index (χ2n) is 4.79. The minimum atomic E-state index is 0.769. The fourth-order valence-corrected chi connectivity index (χ4v) is 2.33. The van der Waals surface area contributed by atoms with Gasteiger partial charge in [0.25, 0.3) is 0 Å². The molecule has 0 radical (unpaired) electrons. The maximum atomic E-state index is 4.65. The summed E-state index contributed by atoms with van der Waals surface area (Å²) in [7, 11) is 0. The molecular formula is C12H16N4. The van der Waals surface area contributed by atoms with Gasteiger partial charge in [-0.1, -0.05) is 6.92 Å². The fourth-order valence-electron chi connectivity index (χ4n) is 2.33. The van der Waals surface area contributed by atoms with Gasteiger partial charge in [-0.3, -0.25) is 0 Å². The molecule has 0 saturated heterocycles. The molecule has 2 heterocycles. The molecule has 2 aromatic heterocycles. The number of rotatable bonds is 0. The third-order valence-electron chi connectivity index (χ3n) is 3.35. The fraction of sp³-hybridized carbons (Fsp3) is 0.583. The number of nitrogens with zero attached hydrogens (tertiary/aromatic N) is 3. The monoisotopic (exact) mass is 216 g/mol. The highest BCUT2D eigenvalue weighted by atomic mass is 15.1. The molecule has 84 valence electrons. The molecule has 3 rings (SSSR count). The number of aromatic nitrogens is 4. The molecular weight excluding hydrogens is 200 g/mol. The van der Waals surface area contributed by atoms with Gasteiger partial charge in [-0.25, -0.2) is 15.0 Å². The summed E-state index contributed by atoms with van der Waals surface area (Å²) in [5.74, 6) is 1.67. The zero-order valence-electron chi connectivity index (χ0n) is 9.75. The molecule has 1 atom stereocenters. The lowest BCUT2D eigenvalue weighted by Crippen LogP contribution is -1.99. The molecule has 1 N–H and O–H groups in total. The summed E-state index contributed by atoms with van der Waals surface area (Å²) in [5, 5.41) is 0. The van der Waals surface area contributed by atoms with Gasteiger partial charge in [-0.2, -0.15) is 0 Å². The zero-order valence-corrected chi connectivity index (χ0v) is 9.75. The molecule has 1 aliphatic rings. The molecule has 0 bridgehead atoms. The molecule has 4 heteroatoms. The van der Waals surface area contributed by atoms with Gasteiger partial charge >= 0.3 is 0 Å². The second kappa shape index (κ2) is 3.54. The molecule has 0 saturated carbocycles. The Balaban J connectivity index is 2.11. The first kappa shape index (κ1) is 9.75. The van der Waals surface area contributed by atoms with Gasteiger partial charge in [0, 0.05) is 0 Å². The lowest BCUT2D eigenvalue weighted by Gasteiger charge is -2.02. The number of nitrogens with one attached hydrogen (secondary N) is 1. The Morgan fingerprint density at radius 2 is 1.75 bits per heavy atom. The normalized spacial score (nSPS) is 17.4. The Morgan fingerprint density at radius 3 is 2.50 bits per heavy atom. The van der Waals surface area contributed by atoms with Crippen molar-refractivity contribution in [2.75, 3.05) is 0 Å². The van der Waals surface area contributed by atoms with Gasteiger partial charge in [0.2, 0.25) is 0 Å². The third-order valence-corrected chi connectivity index (χ3v) is 3.35. The van der Waals surface area contributed by atoms with Crippen LogP contribution in [0.1, 0.15) is 37.0 Å². The highest BCUT2D eigenvalue weighted by Gasteiger charge is 2.17. The topological polar surface area (TPSA) is 54.5 Å². The van der Waals surface area contributed by atoms with Crippen LogP contribution in [-0.2, 0) is 12.8 Å². The molecule has 0 aromatic carbocycles. The summed E-state index contributed by atoms with van der Waals surface area (Å²) in [5.41, 5.74) is 3.93. The quantitative estimate of drug-likeness (QED) is 0.687. The van der Waals surface area contributed by atoms with Crippen molar-refractivity contribution in [2.24, 2.45) is 5.92 Å². The number of hydrogen-bond donors (Lipinski definition) is 1. The predicted molar refractivity (Wildman–Crippen MR) is 62.2 cm³/mol. The van der Waals surface area contributed by atoms with Crippen molar-refractivity contribution in [1.82, 2.24) is 19.9 Å². The van der Waals surface area contributed by atoms with E-state index in [9.17, 15) is 0 Å². The van der Waals surface area contributed by atoms with Crippen LogP contribution in [0.15, 0.2) is 0 Å². The van der Waals surface area contributed by atoms with Crippen molar-refractivity contribution in [3.05, 3.63) is 17.2 Å². The van der Waals surface area contributed by atoms with Gasteiger partial charge in [0.1, 0.15) is 5.82 Å². The average molecular weight is 216 g/mol. The largest absolute Gasteiger partial charge is 0.325 e. The van der Waals surface area contributed by atoms with E-state index in [2.05, 4.69) is 26.9 Å². The standard InChI is InChI=1S/C12H16N4/c1-7-3-5-9-10(6-4-7)16-12-11(15-9)13-8(2)14-12/h7H,3-6H2,1-2H3,(H,13,14,15,16). The summed E-state index contributed by atoms with van der Waals surface area (Å²) in [4.78, 5) is 16.8. The molecule has 2 aromatic rings. The minimum Gasteiger partial charge on any atom is -0.325 e. The molecule has 4 nitrogen and oxygen atoms in total. The average Bonchev–Trinajstić information content (AvgIpc) is 2.51. The number of aromatic amines is 1. The maximum absolute atomic E-state index is 4.65. The van der Waals surface area contributed by atoms with Crippen LogP contribution in [0, 0.1) is 12.8 Å². The highest BCUT2D eigenvalue weighted by molar-refractivity contribution is 5.65. The first-order valence-corrected chi connectivity index (χ1v) is 5.94. The number of H-pyrrole nitrogens is 1. The molecule has 16 heavy (non-hydrogen) atoms. The Labute approximate surface area is 94.5 Å². The van der Waals surface area contributed by atoms with E-state index in [0.717, 1.165) is 41.6 Å². The third kappa shape index (κ3) is 1.58. The van der Waals surface area contributed by atoms with E-state index >= 15 is 0 Å². The van der Waals surface area contributed by atoms with Crippen LogP contribution in [0.3, 0.4) is 0 Å². The van der Waals surface area contributed by atoms with Crippen molar-refractivity contribution in [2.45, 2.75) is 39.5 Å². The molecule has 0 amide bonds. The number of hydrogen-bond acceptors (Lipinski definition) is 3. The Bertz CT molecular complexity index is 484. The van der Waals surface area contributed by atoms with Gasteiger partial charge < -0.3 is 4.98 Å². The van der Waals surface area contributed by atoms with Crippen molar-refractivity contribution in [1.29, 1.82) is 0 Å². The summed E-state index contributed by atoms with van der Waals surface area (Å²) < 4.78 is 0. The van der Waals surface area contributed by atoms with Crippen molar-refractivity contribution < 1.29 is 0 Å². The number of aryl methyl sites for hydroxylation is 3. The lowest BCUT2D eigenvalue weighted by atomic mass is 10.0. The predicted octanol–water partition coefficient (Wildman–Crippen LogP) is 2.18. The van der Waals surface area contributed by atoms with Gasteiger partial charge in [0.05, 0.1) is 11.4 Å². The van der Waals surface area contributed by atoms with Gasteiger partial charge in [-0.15, -0.1) is 0 Å². The van der Waals surface area contributed by atoms with Crippen LogP contribution in [0.5, 0.6) is 0 Å². The summed E-state index contributed by atoms with van der Waals surface area (Å²) >= 11 is 0. The van der Waals surface area contributed by atoms with Crippen molar-refractivity contribution in [3.63, 3.8) is 0 Å². The molecule has 1 aliphatic carbocycles. The Hall–Kier alpha value is -1.45. The maximum Gasteiger partial charge on any atom is 0.197 e. The van der Waals surface area contributed by atoms with E-state index in [1.807, 2.05) is 6.92 Å². The van der Waals surface area contributed by atoms with Crippen molar-refractivity contribution >= 4 is 11.3 Å². The van der Waals surface area contributed by atoms with Crippen LogP contribution < -0.4 is 0 Å². The first-order chi connectivity index (χ1) is 7.72. The van der Waals surface area contributed by atoms with E-state index in [-0.39, 0.29) is 0 Å². The SMILES string of the molecule is Cc1nc2nc3c(nc2[nH]1)CCC(C)CC3. The van der Waals surface area contributed by atoms with E-state index in [4.69, 9.17) is 0 Å². The summed E-state index contributed by atoms with van der Waals surface area (Å²) in [6.45, 7) is 4.25. The molecule has 1 unspecified atom stereocenters. The lowest BCUT2D eigenvalue weighted by molar-refractivity contribution is 0.508. The molecule has 0 fully saturated rings. The minimum absolute atomic E-state index is 0.769. The smallest absolute Gasteiger partial charge is 0.197 e. The second-order valence-corrected chi connectivity index (χ2v) is 4.79. The van der Waals surface area contributed by atoms with Gasteiger partial charge in [0.15, 0.2) is 11.3 Å². The molecule has 0 aliphatic heterocycles. The van der Waals surface area contributed by atoms with E-state index in [1.54, 1.807) is 0 Å². The van der Waals surface area contributed by atoms with E-state index in [1.165, 1.54) is 18.5 Å². The van der Waals surface area contributed by atoms with Crippen LogP contribution in [0.2, 0.25) is 0 Å². The number of fused-ring (bicyclic) bond motifs is 2. The Kier molecular flexibility index (Phi) is 2.16. The van der Waals surface area contributed by atoms with Crippen LogP contribution >= 0.6 is 0 Å². The van der Waals surface area contributed by atoms with Crippen LogP contribution in [-0.4, -0.2) is 19.9 Å². The molecule has 0 spiro atoms. The summed E-state index contributed by atoms with van der Waals surface area (Å²) in [6, 6.07) is 0. The van der Waals surface area contributed by atoms with Crippen molar-refractivity contribution in [3.8, 4) is 0 Å². The number of imidazole rings is 1. The van der Waals surface area contributed by atoms with Gasteiger partial charge in [-0.05, 0) is 38.5 Å².